The number of phenols is 1. The molecule has 9 heteroatoms. The van der Waals surface area contributed by atoms with Gasteiger partial charge >= 0.3 is 0 Å². The van der Waals surface area contributed by atoms with E-state index in [0.717, 1.165) is 6.07 Å². The molecule has 1 atom stereocenters. The average Bonchev–Trinajstić information content (AvgIpc) is 2.62. The minimum absolute atomic E-state index is 0.172. The van der Waals surface area contributed by atoms with E-state index in [1.807, 2.05) is 31.2 Å². The maximum Gasteiger partial charge on any atom is 0.241 e. The van der Waals surface area contributed by atoms with Crippen LogP contribution in [0, 0.1) is 0 Å². The number of hydrogen-bond donors (Lipinski definition) is 4. The molecular weight excluding hydrogens is 372 g/mol. The fourth-order valence-corrected chi connectivity index (χ4v) is 3.06. The largest absolute Gasteiger partial charge is 0.507 e. The number of phenolic OH excluding ortho intramolecular Hbond substituents is 1. The number of benzene rings is 2. The number of hydrogen-bond acceptors (Lipinski definition) is 7. The van der Waals surface area contributed by atoms with Crippen LogP contribution in [0.2, 0.25) is 0 Å². The van der Waals surface area contributed by atoms with Crippen molar-refractivity contribution >= 4 is 10.0 Å². The maximum atomic E-state index is 11.4. The molecule has 0 heterocycles. The number of primary sulfonamides is 1. The minimum atomic E-state index is -4.07. The van der Waals surface area contributed by atoms with Crippen LogP contribution in [0.5, 0.6) is 17.2 Å². The van der Waals surface area contributed by atoms with E-state index in [0.29, 0.717) is 36.8 Å². The lowest BCUT2D eigenvalue weighted by Crippen LogP contribution is -2.26. The van der Waals surface area contributed by atoms with Crippen molar-refractivity contribution in [3.8, 4) is 17.2 Å². The molecule has 1 unspecified atom stereocenters. The molecule has 2 aromatic rings. The highest BCUT2D eigenvalue weighted by Gasteiger charge is 2.17. The fourth-order valence-electron chi connectivity index (χ4n) is 2.40. The third-order valence-corrected chi connectivity index (χ3v) is 4.64. The van der Waals surface area contributed by atoms with Crippen LogP contribution in [0.1, 0.15) is 18.6 Å². The lowest BCUT2D eigenvalue weighted by atomic mass is 10.1. The molecule has 0 aliphatic heterocycles. The van der Waals surface area contributed by atoms with Gasteiger partial charge in [-0.3, -0.25) is 0 Å². The van der Waals surface area contributed by atoms with Crippen molar-refractivity contribution in [2.75, 3.05) is 26.3 Å². The molecule has 0 saturated carbocycles. The minimum Gasteiger partial charge on any atom is -0.507 e. The number of rotatable bonds is 10. The first-order valence-corrected chi connectivity index (χ1v) is 9.96. The molecule has 8 nitrogen and oxygen atoms in total. The Morgan fingerprint density at radius 2 is 1.81 bits per heavy atom. The van der Waals surface area contributed by atoms with Crippen molar-refractivity contribution in [2.24, 2.45) is 5.14 Å². The van der Waals surface area contributed by atoms with E-state index in [4.69, 9.17) is 14.6 Å². The SMILES string of the molecule is CCOc1ccccc1OCCNCC(O)c1ccc(O)c(S(N)(=O)=O)c1. The lowest BCUT2D eigenvalue weighted by Gasteiger charge is -2.15. The van der Waals surface area contributed by atoms with Gasteiger partial charge in [0.15, 0.2) is 11.5 Å². The third-order valence-electron chi connectivity index (χ3n) is 3.70. The molecule has 148 valence electrons. The van der Waals surface area contributed by atoms with E-state index < -0.39 is 26.8 Å². The molecule has 0 aliphatic carbocycles. The number of aliphatic hydroxyl groups is 1. The first kappa shape index (κ1) is 21.0. The van der Waals surface area contributed by atoms with E-state index in [2.05, 4.69) is 5.32 Å². The predicted octanol–water partition coefficient (Wildman–Crippen LogP) is 1.14. The monoisotopic (exact) mass is 396 g/mol. The number of nitrogens with one attached hydrogen (secondary N) is 1. The van der Waals surface area contributed by atoms with Crippen molar-refractivity contribution in [3.63, 3.8) is 0 Å². The van der Waals surface area contributed by atoms with E-state index in [1.165, 1.54) is 12.1 Å². The molecule has 0 aromatic heterocycles. The Bertz CT molecular complexity index is 857. The van der Waals surface area contributed by atoms with E-state index in [9.17, 15) is 18.6 Å². The van der Waals surface area contributed by atoms with Crippen LogP contribution in [-0.4, -0.2) is 44.9 Å². The Morgan fingerprint density at radius 3 is 2.44 bits per heavy atom. The number of nitrogens with two attached hydrogens (primary N) is 1. The first-order valence-electron chi connectivity index (χ1n) is 8.42. The molecule has 0 saturated heterocycles. The molecule has 0 radical (unpaired) electrons. The summed E-state index contributed by atoms with van der Waals surface area (Å²) in [7, 11) is -4.07. The van der Waals surface area contributed by atoms with Crippen LogP contribution in [0.15, 0.2) is 47.4 Å². The molecule has 0 bridgehead atoms. The van der Waals surface area contributed by atoms with Gasteiger partial charge in [-0.25, -0.2) is 13.6 Å². The molecule has 2 rings (SSSR count). The second-order valence-electron chi connectivity index (χ2n) is 5.72. The predicted molar refractivity (Wildman–Crippen MR) is 100 cm³/mol. The summed E-state index contributed by atoms with van der Waals surface area (Å²) in [5.41, 5.74) is 0.326. The lowest BCUT2D eigenvalue weighted by molar-refractivity contribution is 0.171. The van der Waals surface area contributed by atoms with Crippen molar-refractivity contribution in [1.29, 1.82) is 0 Å². The van der Waals surface area contributed by atoms with Crippen LogP contribution in [0.4, 0.5) is 0 Å². The van der Waals surface area contributed by atoms with Gasteiger partial charge in [0, 0.05) is 13.1 Å². The second kappa shape index (κ2) is 9.56. The quantitative estimate of drug-likeness (QED) is 0.443. The Labute approximate surface area is 158 Å². The Hall–Kier alpha value is -2.33. The summed E-state index contributed by atoms with van der Waals surface area (Å²) >= 11 is 0. The number of para-hydroxylation sites is 2. The van der Waals surface area contributed by atoms with Crippen molar-refractivity contribution in [2.45, 2.75) is 17.9 Å². The Kier molecular flexibility index (Phi) is 7.43. The summed E-state index contributed by atoms with van der Waals surface area (Å²) in [6, 6.07) is 11.1. The molecule has 2 aromatic carbocycles. The molecule has 0 spiro atoms. The fraction of sp³-hybridized carbons (Fsp3) is 0.333. The van der Waals surface area contributed by atoms with Gasteiger partial charge in [-0.2, -0.15) is 0 Å². The van der Waals surface area contributed by atoms with Gasteiger partial charge in [-0.05, 0) is 36.8 Å². The van der Waals surface area contributed by atoms with Crippen LogP contribution >= 0.6 is 0 Å². The smallest absolute Gasteiger partial charge is 0.241 e. The second-order valence-corrected chi connectivity index (χ2v) is 7.25. The number of sulfonamides is 1. The molecule has 0 aliphatic rings. The van der Waals surface area contributed by atoms with E-state index in [1.54, 1.807) is 0 Å². The normalized spacial score (nSPS) is 12.6. The summed E-state index contributed by atoms with van der Waals surface area (Å²) in [5.74, 6) is 0.848. The van der Waals surface area contributed by atoms with Gasteiger partial charge in [0.05, 0.1) is 12.7 Å². The van der Waals surface area contributed by atoms with Gasteiger partial charge in [-0.15, -0.1) is 0 Å². The highest BCUT2D eigenvalue weighted by molar-refractivity contribution is 7.89. The highest BCUT2D eigenvalue weighted by atomic mass is 32.2. The summed E-state index contributed by atoms with van der Waals surface area (Å²) in [6.45, 7) is 3.42. The Morgan fingerprint density at radius 1 is 1.15 bits per heavy atom. The molecular formula is C18H24N2O6S. The van der Waals surface area contributed by atoms with Gasteiger partial charge in [0.25, 0.3) is 0 Å². The number of aliphatic hydroxyl groups excluding tert-OH is 1. The van der Waals surface area contributed by atoms with Crippen LogP contribution < -0.4 is 19.9 Å². The standard InChI is InChI=1S/C18H24N2O6S/c1-2-25-16-5-3-4-6-17(16)26-10-9-20-12-15(22)13-7-8-14(21)18(11-13)27(19,23)24/h3-8,11,15,20-22H,2,9-10,12H2,1H3,(H2,19,23,24). The zero-order valence-electron chi connectivity index (χ0n) is 15.0. The molecule has 0 fully saturated rings. The maximum absolute atomic E-state index is 11.4. The highest BCUT2D eigenvalue weighted by Crippen LogP contribution is 2.26. The summed E-state index contributed by atoms with van der Waals surface area (Å²) in [6.07, 6.45) is -0.971. The first-order chi connectivity index (χ1) is 12.8. The summed E-state index contributed by atoms with van der Waals surface area (Å²) in [4.78, 5) is -0.421. The van der Waals surface area contributed by atoms with Gasteiger partial charge in [-0.1, -0.05) is 18.2 Å². The number of ether oxygens (including phenoxy) is 2. The average molecular weight is 396 g/mol. The van der Waals surface area contributed by atoms with Gasteiger partial charge in [0.2, 0.25) is 10.0 Å². The molecule has 0 amide bonds. The Balaban J connectivity index is 1.84. The molecule has 5 N–H and O–H groups in total. The van der Waals surface area contributed by atoms with Crippen LogP contribution in [0.25, 0.3) is 0 Å². The van der Waals surface area contributed by atoms with E-state index in [-0.39, 0.29) is 6.54 Å². The van der Waals surface area contributed by atoms with Crippen molar-refractivity contribution < 1.29 is 28.1 Å². The zero-order valence-corrected chi connectivity index (χ0v) is 15.8. The zero-order chi connectivity index (χ0) is 19.9. The van der Waals surface area contributed by atoms with Crippen molar-refractivity contribution in [1.82, 2.24) is 5.32 Å². The van der Waals surface area contributed by atoms with E-state index >= 15 is 0 Å². The van der Waals surface area contributed by atoms with Crippen LogP contribution in [0.3, 0.4) is 0 Å². The topological polar surface area (TPSA) is 131 Å². The van der Waals surface area contributed by atoms with Gasteiger partial charge in [0.1, 0.15) is 17.3 Å². The van der Waals surface area contributed by atoms with Gasteiger partial charge < -0.3 is 25.0 Å². The van der Waals surface area contributed by atoms with Crippen molar-refractivity contribution in [3.05, 3.63) is 48.0 Å². The molecule has 27 heavy (non-hydrogen) atoms. The third kappa shape index (κ3) is 6.10. The summed E-state index contributed by atoms with van der Waals surface area (Å²) < 4.78 is 34.0. The number of aromatic hydroxyl groups is 1. The summed E-state index contributed by atoms with van der Waals surface area (Å²) in [5, 5.41) is 27.8. The van der Waals surface area contributed by atoms with Crippen LogP contribution in [-0.2, 0) is 10.0 Å².